The zero-order valence-corrected chi connectivity index (χ0v) is 10.5. The standard InChI is InChI=1S/C14H18N2O2/c1-15(10-11-17)14(18)7-9-16-8-6-12-4-2-3-5-13(12)16/h2-6,8,17H,7,9-11H2,1H3. The third-order valence-corrected chi connectivity index (χ3v) is 3.11. The van der Waals surface area contributed by atoms with Crippen LogP contribution in [0.3, 0.4) is 0 Å². The normalized spacial score (nSPS) is 10.8. The lowest BCUT2D eigenvalue weighted by Crippen LogP contribution is -2.30. The number of rotatable bonds is 5. The minimum absolute atomic E-state index is 0.00862. The van der Waals surface area contributed by atoms with Gasteiger partial charge in [-0.2, -0.15) is 0 Å². The first-order chi connectivity index (χ1) is 8.72. The number of amides is 1. The van der Waals surface area contributed by atoms with Gasteiger partial charge in [-0.15, -0.1) is 0 Å². The second kappa shape index (κ2) is 5.69. The lowest BCUT2D eigenvalue weighted by molar-refractivity contribution is -0.130. The Morgan fingerprint density at radius 1 is 1.33 bits per heavy atom. The Morgan fingerprint density at radius 3 is 2.89 bits per heavy atom. The van der Waals surface area contributed by atoms with E-state index in [2.05, 4.69) is 22.8 Å². The van der Waals surface area contributed by atoms with Crippen LogP contribution in [0.2, 0.25) is 0 Å². The maximum Gasteiger partial charge on any atom is 0.224 e. The zero-order chi connectivity index (χ0) is 13.0. The summed E-state index contributed by atoms with van der Waals surface area (Å²) >= 11 is 0. The molecule has 96 valence electrons. The number of carbonyl (C=O) groups excluding carboxylic acids is 1. The van der Waals surface area contributed by atoms with Crippen molar-refractivity contribution in [1.82, 2.24) is 9.47 Å². The second-order valence-corrected chi connectivity index (χ2v) is 4.36. The Labute approximate surface area is 106 Å². The lowest BCUT2D eigenvalue weighted by atomic mass is 10.2. The van der Waals surface area contributed by atoms with E-state index in [9.17, 15) is 4.79 Å². The summed E-state index contributed by atoms with van der Waals surface area (Å²) in [6, 6.07) is 10.2. The fourth-order valence-corrected chi connectivity index (χ4v) is 2.02. The maximum absolute atomic E-state index is 11.8. The Balaban J connectivity index is 2.00. The van der Waals surface area contributed by atoms with E-state index >= 15 is 0 Å². The van der Waals surface area contributed by atoms with E-state index < -0.39 is 0 Å². The van der Waals surface area contributed by atoms with Gasteiger partial charge in [0, 0.05) is 38.3 Å². The number of aryl methyl sites for hydroxylation is 1. The van der Waals surface area contributed by atoms with Crippen LogP contribution in [0.4, 0.5) is 0 Å². The fourth-order valence-electron chi connectivity index (χ4n) is 2.02. The largest absolute Gasteiger partial charge is 0.395 e. The molecule has 0 aliphatic rings. The number of aliphatic hydroxyl groups is 1. The number of para-hydroxylation sites is 1. The maximum atomic E-state index is 11.8. The Kier molecular flexibility index (Phi) is 3.99. The molecule has 2 aromatic rings. The van der Waals surface area contributed by atoms with E-state index in [0.717, 1.165) is 5.52 Å². The first-order valence-corrected chi connectivity index (χ1v) is 6.11. The summed E-state index contributed by atoms with van der Waals surface area (Å²) < 4.78 is 2.08. The molecule has 0 aliphatic heterocycles. The smallest absolute Gasteiger partial charge is 0.224 e. The van der Waals surface area contributed by atoms with Gasteiger partial charge in [-0.25, -0.2) is 0 Å². The highest BCUT2D eigenvalue weighted by atomic mass is 16.3. The van der Waals surface area contributed by atoms with Gasteiger partial charge in [0.2, 0.25) is 5.91 Å². The average molecular weight is 246 g/mol. The van der Waals surface area contributed by atoms with E-state index in [1.165, 1.54) is 5.39 Å². The van der Waals surface area contributed by atoms with Crippen LogP contribution in [0, 0.1) is 0 Å². The number of fused-ring (bicyclic) bond motifs is 1. The topological polar surface area (TPSA) is 45.5 Å². The van der Waals surface area contributed by atoms with Gasteiger partial charge in [0.1, 0.15) is 0 Å². The molecule has 0 radical (unpaired) electrons. The second-order valence-electron chi connectivity index (χ2n) is 4.36. The molecule has 0 spiro atoms. The molecule has 1 amide bonds. The predicted molar refractivity (Wildman–Crippen MR) is 71.3 cm³/mol. The number of aliphatic hydroxyl groups excluding tert-OH is 1. The fraction of sp³-hybridized carbons (Fsp3) is 0.357. The Bertz CT molecular complexity index is 533. The van der Waals surface area contributed by atoms with Gasteiger partial charge in [0.25, 0.3) is 0 Å². The number of likely N-dealkylation sites (N-methyl/N-ethyl adjacent to an activating group) is 1. The van der Waals surface area contributed by atoms with Crippen molar-refractivity contribution in [3.63, 3.8) is 0 Å². The highest BCUT2D eigenvalue weighted by Crippen LogP contribution is 2.15. The number of aromatic nitrogens is 1. The van der Waals surface area contributed by atoms with Crippen LogP contribution in [-0.2, 0) is 11.3 Å². The zero-order valence-electron chi connectivity index (χ0n) is 10.5. The molecule has 2 rings (SSSR count). The molecule has 0 unspecified atom stereocenters. The number of benzene rings is 1. The number of nitrogens with zero attached hydrogens (tertiary/aromatic N) is 2. The third kappa shape index (κ3) is 2.71. The molecule has 1 aromatic carbocycles. The van der Waals surface area contributed by atoms with Crippen molar-refractivity contribution in [2.75, 3.05) is 20.2 Å². The molecular weight excluding hydrogens is 228 g/mol. The van der Waals surface area contributed by atoms with Crippen LogP contribution in [0.15, 0.2) is 36.5 Å². The molecule has 4 heteroatoms. The first kappa shape index (κ1) is 12.6. The van der Waals surface area contributed by atoms with Gasteiger partial charge in [-0.3, -0.25) is 4.79 Å². The number of hydrogen-bond acceptors (Lipinski definition) is 2. The summed E-state index contributed by atoms with van der Waals surface area (Å²) in [6.45, 7) is 1.07. The van der Waals surface area contributed by atoms with Gasteiger partial charge < -0.3 is 14.6 Å². The lowest BCUT2D eigenvalue weighted by Gasteiger charge is -2.15. The van der Waals surface area contributed by atoms with Crippen LogP contribution in [0.1, 0.15) is 6.42 Å². The van der Waals surface area contributed by atoms with Gasteiger partial charge in [-0.1, -0.05) is 18.2 Å². The number of carbonyl (C=O) groups is 1. The summed E-state index contributed by atoms with van der Waals surface area (Å²) in [7, 11) is 1.71. The molecule has 0 bridgehead atoms. The van der Waals surface area contributed by atoms with Crippen LogP contribution >= 0.6 is 0 Å². The van der Waals surface area contributed by atoms with Crippen molar-refractivity contribution in [2.45, 2.75) is 13.0 Å². The van der Waals surface area contributed by atoms with E-state index in [0.29, 0.717) is 19.5 Å². The van der Waals surface area contributed by atoms with E-state index in [-0.39, 0.29) is 12.5 Å². The summed E-state index contributed by atoms with van der Waals surface area (Å²) in [4.78, 5) is 13.3. The van der Waals surface area contributed by atoms with Crippen LogP contribution in [0.25, 0.3) is 10.9 Å². The van der Waals surface area contributed by atoms with E-state index in [1.54, 1.807) is 11.9 Å². The molecule has 1 aromatic heterocycles. The molecule has 4 nitrogen and oxygen atoms in total. The van der Waals surface area contributed by atoms with Crippen molar-refractivity contribution in [1.29, 1.82) is 0 Å². The first-order valence-electron chi connectivity index (χ1n) is 6.11. The predicted octanol–water partition coefficient (Wildman–Crippen LogP) is 1.48. The van der Waals surface area contributed by atoms with E-state index in [4.69, 9.17) is 5.11 Å². The summed E-state index contributed by atoms with van der Waals surface area (Å²) in [5.74, 6) is 0.0573. The average Bonchev–Trinajstić information content (AvgIpc) is 2.79. The highest BCUT2D eigenvalue weighted by Gasteiger charge is 2.08. The van der Waals surface area contributed by atoms with Gasteiger partial charge in [0.05, 0.1) is 6.61 Å². The van der Waals surface area contributed by atoms with Crippen LogP contribution < -0.4 is 0 Å². The van der Waals surface area contributed by atoms with Crippen molar-refractivity contribution < 1.29 is 9.90 Å². The van der Waals surface area contributed by atoms with Crippen molar-refractivity contribution in [3.05, 3.63) is 36.5 Å². The summed E-state index contributed by atoms with van der Waals surface area (Å²) in [5.41, 5.74) is 1.15. The van der Waals surface area contributed by atoms with Gasteiger partial charge in [-0.05, 0) is 17.5 Å². The summed E-state index contributed by atoms with van der Waals surface area (Å²) in [6.07, 6.45) is 2.46. The van der Waals surface area contributed by atoms with Crippen LogP contribution in [0.5, 0.6) is 0 Å². The van der Waals surface area contributed by atoms with Crippen molar-refractivity contribution >= 4 is 16.8 Å². The monoisotopic (exact) mass is 246 g/mol. The minimum Gasteiger partial charge on any atom is -0.395 e. The molecule has 0 saturated carbocycles. The van der Waals surface area contributed by atoms with Gasteiger partial charge >= 0.3 is 0 Å². The van der Waals surface area contributed by atoms with Crippen molar-refractivity contribution in [2.24, 2.45) is 0 Å². The van der Waals surface area contributed by atoms with Crippen LogP contribution in [-0.4, -0.2) is 40.7 Å². The molecule has 1 heterocycles. The molecular formula is C14H18N2O2. The SMILES string of the molecule is CN(CCO)C(=O)CCn1ccc2ccccc21. The van der Waals surface area contributed by atoms with Gasteiger partial charge in [0.15, 0.2) is 0 Å². The molecule has 18 heavy (non-hydrogen) atoms. The molecule has 0 saturated heterocycles. The quantitative estimate of drug-likeness (QED) is 0.868. The Morgan fingerprint density at radius 2 is 2.11 bits per heavy atom. The molecule has 0 aliphatic carbocycles. The minimum atomic E-state index is 0.00862. The molecule has 1 N–H and O–H groups in total. The third-order valence-electron chi connectivity index (χ3n) is 3.11. The van der Waals surface area contributed by atoms with Crippen molar-refractivity contribution in [3.8, 4) is 0 Å². The summed E-state index contributed by atoms with van der Waals surface area (Å²) in [5, 5.41) is 9.97. The highest BCUT2D eigenvalue weighted by molar-refractivity contribution is 5.80. The number of hydrogen-bond donors (Lipinski definition) is 1. The molecule has 0 atom stereocenters. The molecule has 0 fully saturated rings. The Hall–Kier alpha value is -1.81. The van der Waals surface area contributed by atoms with E-state index in [1.807, 2.05) is 18.3 Å².